The Balaban J connectivity index is 1.65. The summed E-state index contributed by atoms with van der Waals surface area (Å²) in [6, 6.07) is 9.23. The van der Waals surface area contributed by atoms with Crippen LogP contribution in [-0.2, 0) is 21.2 Å². The summed E-state index contributed by atoms with van der Waals surface area (Å²) in [5, 5.41) is 0.578. The van der Waals surface area contributed by atoms with Crippen molar-refractivity contribution in [2.45, 2.75) is 11.3 Å². The van der Waals surface area contributed by atoms with Crippen LogP contribution < -0.4 is 0 Å². The van der Waals surface area contributed by atoms with Gasteiger partial charge in [-0.25, -0.2) is 17.2 Å². The minimum atomic E-state index is -4.16. The maximum Gasteiger partial charge on any atom is 0.246 e. The highest BCUT2D eigenvalue weighted by Gasteiger charge is 2.32. The van der Waals surface area contributed by atoms with E-state index in [9.17, 15) is 22.0 Å². The van der Waals surface area contributed by atoms with E-state index in [1.54, 1.807) is 29.2 Å². The second-order valence-corrected chi connectivity index (χ2v) is 8.51. The third kappa shape index (κ3) is 4.45. The lowest BCUT2D eigenvalue weighted by molar-refractivity contribution is -0.131. The Bertz CT molecular complexity index is 944. The molecule has 1 aliphatic heterocycles. The highest BCUT2D eigenvalue weighted by Crippen LogP contribution is 2.22. The molecule has 0 unspecified atom stereocenters. The molecule has 27 heavy (non-hydrogen) atoms. The zero-order valence-electron chi connectivity index (χ0n) is 14.2. The molecule has 9 heteroatoms. The molecule has 1 saturated heterocycles. The van der Waals surface area contributed by atoms with Crippen LogP contribution in [0.1, 0.15) is 5.56 Å². The molecule has 0 aromatic heterocycles. The molecule has 1 amide bonds. The quantitative estimate of drug-likeness (QED) is 0.773. The number of hydrogen-bond acceptors (Lipinski definition) is 3. The van der Waals surface area contributed by atoms with Gasteiger partial charge >= 0.3 is 0 Å². The second kappa shape index (κ2) is 7.92. The number of halogens is 3. The summed E-state index contributed by atoms with van der Waals surface area (Å²) in [6.45, 7) is 0.403. The number of hydrogen-bond donors (Lipinski definition) is 0. The van der Waals surface area contributed by atoms with Crippen LogP contribution in [0.25, 0.3) is 0 Å². The molecule has 0 atom stereocenters. The number of sulfonamides is 1. The lowest BCUT2D eigenvalue weighted by Crippen LogP contribution is -2.51. The maximum absolute atomic E-state index is 13.8. The molecular formula is C18H17ClF2N2O3S. The van der Waals surface area contributed by atoms with Gasteiger partial charge < -0.3 is 4.90 Å². The van der Waals surface area contributed by atoms with Gasteiger partial charge in [0.2, 0.25) is 15.9 Å². The van der Waals surface area contributed by atoms with Crippen LogP contribution in [0, 0.1) is 11.6 Å². The molecule has 5 nitrogen and oxygen atoms in total. The van der Waals surface area contributed by atoms with Gasteiger partial charge in [-0.2, -0.15) is 4.31 Å². The lowest BCUT2D eigenvalue weighted by Gasteiger charge is -2.34. The molecule has 0 radical (unpaired) electrons. The fourth-order valence-corrected chi connectivity index (χ4v) is 4.50. The molecular weight excluding hydrogens is 398 g/mol. The molecule has 0 spiro atoms. The molecule has 1 heterocycles. The molecule has 0 bridgehead atoms. The largest absolute Gasteiger partial charge is 0.340 e. The van der Waals surface area contributed by atoms with Gasteiger partial charge in [0.1, 0.15) is 16.5 Å². The third-order valence-electron chi connectivity index (χ3n) is 4.37. The van der Waals surface area contributed by atoms with E-state index in [0.29, 0.717) is 11.1 Å². The molecule has 3 rings (SSSR count). The fraction of sp³-hybridized carbons (Fsp3) is 0.278. The van der Waals surface area contributed by atoms with E-state index in [4.69, 9.17) is 11.6 Å². The van der Waals surface area contributed by atoms with Gasteiger partial charge in [0.15, 0.2) is 0 Å². The van der Waals surface area contributed by atoms with E-state index < -0.39 is 26.6 Å². The van der Waals surface area contributed by atoms with Crippen LogP contribution in [-0.4, -0.2) is 49.7 Å². The van der Waals surface area contributed by atoms with Gasteiger partial charge in [-0.15, -0.1) is 0 Å². The minimum Gasteiger partial charge on any atom is -0.340 e. The summed E-state index contributed by atoms with van der Waals surface area (Å²) < 4.78 is 53.4. The Kier molecular flexibility index (Phi) is 5.78. The number of piperazine rings is 1. The van der Waals surface area contributed by atoms with Crippen LogP contribution in [0.4, 0.5) is 8.78 Å². The number of amides is 1. The molecule has 1 fully saturated rings. The predicted octanol–water partition coefficient (Wildman–Crippen LogP) is 2.69. The standard InChI is InChI=1S/C18H17ClF2N2O3S/c19-14-3-1-13(2-4-14)11-18(24)22-7-9-23(10-8-22)27(25,26)17-12-15(20)5-6-16(17)21/h1-6,12H,7-11H2. The maximum atomic E-state index is 13.8. The number of nitrogens with zero attached hydrogens (tertiary/aromatic N) is 2. The van der Waals surface area contributed by atoms with Gasteiger partial charge in [0.05, 0.1) is 6.42 Å². The zero-order valence-corrected chi connectivity index (χ0v) is 15.8. The van der Waals surface area contributed by atoms with Crippen molar-refractivity contribution in [1.82, 2.24) is 9.21 Å². The first-order valence-electron chi connectivity index (χ1n) is 8.25. The topological polar surface area (TPSA) is 57.7 Å². The Labute approximate surface area is 161 Å². The first kappa shape index (κ1) is 19.7. The van der Waals surface area contributed by atoms with Crippen molar-refractivity contribution in [1.29, 1.82) is 0 Å². The van der Waals surface area contributed by atoms with Gasteiger partial charge in [-0.1, -0.05) is 23.7 Å². The van der Waals surface area contributed by atoms with Crippen molar-refractivity contribution in [2.24, 2.45) is 0 Å². The highest BCUT2D eigenvalue weighted by atomic mass is 35.5. The van der Waals surface area contributed by atoms with E-state index in [-0.39, 0.29) is 38.5 Å². The van der Waals surface area contributed by atoms with Crippen LogP contribution in [0.2, 0.25) is 5.02 Å². The zero-order chi connectivity index (χ0) is 19.6. The highest BCUT2D eigenvalue weighted by molar-refractivity contribution is 7.89. The van der Waals surface area contributed by atoms with Gasteiger partial charge in [-0.3, -0.25) is 4.79 Å². The Hall–Kier alpha value is -2.03. The Morgan fingerprint density at radius 2 is 1.63 bits per heavy atom. The molecule has 0 N–H and O–H groups in total. The van der Waals surface area contributed by atoms with Crippen molar-refractivity contribution < 1.29 is 22.0 Å². The lowest BCUT2D eigenvalue weighted by atomic mass is 10.1. The van der Waals surface area contributed by atoms with Gasteiger partial charge in [-0.05, 0) is 35.9 Å². The van der Waals surface area contributed by atoms with Crippen LogP contribution in [0.3, 0.4) is 0 Å². The second-order valence-electron chi connectivity index (χ2n) is 6.16. The van der Waals surface area contributed by atoms with Crippen molar-refractivity contribution >= 4 is 27.5 Å². The normalized spacial score (nSPS) is 15.7. The van der Waals surface area contributed by atoms with Crippen molar-refractivity contribution in [3.8, 4) is 0 Å². The fourth-order valence-electron chi connectivity index (χ4n) is 2.88. The summed E-state index contributed by atoms with van der Waals surface area (Å²) in [5.41, 5.74) is 0.807. The SMILES string of the molecule is O=C(Cc1ccc(Cl)cc1)N1CCN(S(=O)(=O)c2cc(F)ccc2F)CC1. The van der Waals surface area contributed by atoms with Crippen LogP contribution in [0.5, 0.6) is 0 Å². The summed E-state index contributed by atoms with van der Waals surface area (Å²) in [4.78, 5) is 13.3. The predicted molar refractivity (Wildman–Crippen MR) is 96.9 cm³/mol. The number of carbonyl (C=O) groups is 1. The monoisotopic (exact) mass is 414 g/mol. The van der Waals surface area contributed by atoms with Gasteiger partial charge in [0, 0.05) is 31.2 Å². The summed E-state index contributed by atoms with van der Waals surface area (Å²) in [5.74, 6) is -1.96. The summed E-state index contributed by atoms with van der Waals surface area (Å²) >= 11 is 5.82. The van der Waals surface area contributed by atoms with E-state index >= 15 is 0 Å². The van der Waals surface area contributed by atoms with Crippen molar-refractivity contribution in [3.63, 3.8) is 0 Å². The van der Waals surface area contributed by atoms with Crippen LogP contribution in [0.15, 0.2) is 47.4 Å². The number of benzene rings is 2. The number of rotatable bonds is 4. The number of carbonyl (C=O) groups excluding carboxylic acids is 1. The Morgan fingerprint density at radius 1 is 1.00 bits per heavy atom. The van der Waals surface area contributed by atoms with E-state index in [1.807, 2.05) is 0 Å². The smallest absolute Gasteiger partial charge is 0.246 e. The summed E-state index contributed by atoms with van der Waals surface area (Å²) in [6.07, 6.45) is 0.183. The van der Waals surface area contributed by atoms with E-state index in [1.165, 1.54) is 0 Å². The Morgan fingerprint density at radius 3 is 2.26 bits per heavy atom. The third-order valence-corrected chi connectivity index (χ3v) is 6.54. The van der Waals surface area contributed by atoms with Crippen molar-refractivity contribution in [2.75, 3.05) is 26.2 Å². The van der Waals surface area contributed by atoms with Crippen LogP contribution >= 0.6 is 11.6 Å². The molecule has 0 saturated carbocycles. The van der Waals surface area contributed by atoms with E-state index in [0.717, 1.165) is 22.0 Å². The average molecular weight is 415 g/mol. The molecule has 0 aliphatic carbocycles. The van der Waals surface area contributed by atoms with Gasteiger partial charge in [0.25, 0.3) is 0 Å². The van der Waals surface area contributed by atoms with Crippen molar-refractivity contribution in [3.05, 3.63) is 64.7 Å². The molecule has 2 aromatic carbocycles. The molecule has 144 valence electrons. The first-order chi connectivity index (χ1) is 12.8. The average Bonchev–Trinajstić information content (AvgIpc) is 2.65. The van der Waals surface area contributed by atoms with E-state index in [2.05, 4.69) is 0 Å². The molecule has 2 aromatic rings. The first-order valence-corrected chi connectivity index (χ1v) is 10.1. The summed E-state index contributed by atoms with van der Waals surface area (Å²) in [7, 11) is -4.16. The molecule has 1 aliphatic rings. The minimum absolute atomic E-state index is 0.0185.